The van der Waals surface area contributed by atoms with E-state index in [1.165, 1.54) is 38.5 Å². The molecule has 4 aliphatic carbocycles. The lowest BCUT2D eigenvalue weighted by Gasteiger charge is -2.65. The van der Waals surface area contributed by atoms with Gasteiger partial charge in [-0.1, -0.05) is 19.9 Å². The van der Waals surface area contributed by atoms with E-state index in [1.54, 1.807) is 12.3 Å². The first kappa shape index (κ1) is 17.0. The highest BCUT2D eigenvalue weighted by molar-refractivity contribution is 6.01. The first-order chi connectivity index (χ1) is 12.8. The van der Waals surface area contributed by atoms with Crippen molar-refractivity contribution in [2.45, 2.75) is 58.8 Å². The Morgan fingerprint density at radius 1 is 1.07 bits per heavy atom. The van der Waals surface area contributed by atoms with Gasteiger partial charge in [-0.3, -0.25) is 9.59 Å². The molecule has 1 amide bonds. The van der Waals surface area contributed by atoms with Crippen molar-refractivity contribution in [2.24, 2.45) is 22.2 Å². The molecule has 2 atom stereocenters. The highest BCUT2D eigenvalue weighted by Crippen LogP contribution is 2.70. The van der Waals surface area contributed by atoms with Crippen LogP contribution >= 0.6 is 0 Å². The van der Waals surface area contributed by atoms with E-state index in [0.29, 0.717) is 22.6 Å². The lowest BCUT2D eigenvalue weighted by molar-refractivity contribution is -0.153. The van der Waals surface area contributed by atoms with Crippen LogP contribution in [-0.4, -0.2) is 10.9 Å². The van der Waals surface area contributed by atoms with E-state index >= 15 is 0 Å². The maximum atomic E-state index is 13.0. The summed E-state index contributed by atoms with van der Waals surface area (Å²) in [5, 5.41) is 4.54. The molecular weight excluding hydrogens is 336 g/mol. The topological polar surface area (TPSA) is 62.0 Å². The van der Waals surface area contributed by atoms with Gasteiger partial charge in [0.05, 0.1) is 0 Å². The molecule has 27 heavy (non-hydrogen) atoms. The number of anilines is 1. The van der Waals surface area contributed by atoms with Crippen LogP contribution in [0.3, 0.4) is 0 Å². The average Bonchev–Trinajstić information content (AvgIpc) is 2.51. The Bertz CT molecular complexity index is 973. The first-order valence-electron chi connectivity index (χ1n) is 10.2. The number of carbonyl (C=O) groups excluding carboxylic acids is 1. The predicted octanol–water partition coefficient (Wildman–Crippen LogP) is 4.85. The predicted molar refractivity (Wildman–Crippen MR) is 108 cm³/mol. The zero-order valence-electron chi connectivity index (χ0n) is 16.2. The van der Waals surface area contributed by atoms with Crippen LogP contribution in [0.5, 0.6) is 0 Å². The summed E-state index contributed by atoms with van der Waals surface area (Å²) in [7, 11) is 0. The second-order valence-corrected chi connectivity index (χ2v) is 10.4. The van der Waals surface area contributed by atoms with Crippen molar-refractivity contribution < 1.29 is 4.79 Å². The molecule has 1 aromatic heterocycles. The highest BCUT2D eigenvalue weighted by atomic mass is 16.1. The lowest BCUT2D eigenvalue weighted by atomic mass is 9.40. The summed E-state index contributed by atoms with van der Waals surface area (Å²) in [5.74, 6) is 0.886. The van der Waals surface area contributed by atoms with E-state index in [-0.39, 0.29) is 16.9 Å². The molecule has 2 aromatic rings. The van der Waals surface area contributed by atoms with Gasteiger partial charge >= 0.3 is 0 Å². The molecule has 4 aliphatic rings. The smallest absolute Gasteiger partial charge is 0.255 e. The van der Waals surface area contributed by atoms with Crippen LogP contribution in [0, 0.1) is 22.2 Å². The minimum atomic E-state index is -0.120. The monoisotopic (exact) mass is 364 g/mol. The Balaban J connectivity index is 1.41. The lowest BCUT2D eigenvalue weighted by Crippen LogP contribution is -2.55. The summed E-state index contributed by atoms with van der Waals surface area (Å²) in [6.45, 7) is 4.89. The van der Waals surface area contributed by atoms with Crippen molar-refractivity contribution in [3.63, 3.8) is 0 Å². The van der Waals surface area contributed by atoms with Gasteiger partial charge < -0.3 is 10.3 Å². The fourth-order valence-corrected chi connectivity index (χ4v) is 7.75. The van der Waals surface area contributed by atoms with E-state index in [1.807, 2.05) is 18.2 Å². The van der Waals surface area contributed by atoms with Crippen molar-refractivity contribution in [3.8, 4) is 0 Å². The van der Waals surface area contributed by atoms with Gasteiger partial charge in [-0.15, -0.1) is 0 Å². The number of rotatable bonds is 3. The minimum absolute atomic E-state index is 0.0944. The molecule has 4 bridgehead atoms. The Kier molecular flexibility index (Phi) is 3.45. The third kappa shape index (κ3) is 2.81. The quantitative estimate of drug-likeness (QED) is 0.817. The number of pyridine rings is 1. The molecule has 2 unspecified atom stereocenters. The summed E-state index contributed by atoms with van der Waals surface area (Å²) in [6, 6.07) is 7.38. The highest BCUT2D eigenvalue weighted by Gasteiger charge is 2.60. The van der Waals surface area contributed by atoms with E-state index in [4.69, 9.17) is 0 Å². The van der Waals surface area contributed by atoms with Gasteiger partial charge in [0.2, 0.25) is 5.91 Å². The second-order valence-electron chi connectivity index (χ2n) is 10.4. The molecule has 2 N–H and O–H groups in total. The molecule has 4 fully saturated rings. The molecule has 1 aromatic carbocycles. The fourth-order valence-electron chi connectivity index (χ4n) is 7.75. The molecular formula is C23H28N2O2. The van der Waals surface area contributed by atoms with Crippen LogP contribution in [0.2, 0.25) is 0 Å². The van der Waals surface area contributed by atoms with Crippen molar-refractivity contribution in [1.82, 2.24) is 4.98 Å². The summed E-state index contributed by atoms with van der Waals surface area (Å²) < 4.78 is 0. The number of nitrogens with one attached hydrogen (secondary N) is 2. The minimum Gasteiger partial charge on any atom is -0.329 e. The second kappa shape index (κ2) is 5.46. The first-order valence-corrected chi connectivity index (χ1v) is 10.2. The average molecular weight is 364 g/mol. The number of aromatic amines is 1. The fraction of sp³-hybridized carbons (Fsp3) is 0.565. The van der Waals surface area contributed by atoms with Crippen LogP contribution in [0.25, 0.3) is 10.8 Å². The molecule has 4 nitrogen and oxygen atoms in total. The van der Waals surface area contributed by atoms with Crippen LogP contribution in [0.1, 0.15) is 58.8 Å². The Hall–Kier alpha value is -2.10. The number of aromatic nitrogens is 1. The summed E-state index contributed by atoms with van der Waals surface area (Å²) in [5.41, 5.74) is 1.62. The maximum absolute atomic E-state index is 13.0. The number of H-pyrrole nitrogens is 1. The van der Waals surface area contributed by atoms with E-state index < -0.39 is 0 Å². The van der Waals surface area contributed by atoms with Gasteiger partial charge in [-0.05, 0) is 78.9 Å². The molecule has 0 radical (unpaired) electrons. The van der Waals surface area contributed by atoms with Crippen molar-refractivity contribution >= 4 is 22.4 Å². The molecule has 6 rings (SSSR count). The van der Waals surface area contributed by atoms with E-state index in [0.717, 1.165) is 17.0 Å². The molecule has 0 saturated heterocycles. The number of hydrogen-bond donors (Lipinski definition) is 2. The van der Waals surface area contributed by atoms with Gasteiger partial charge in [0.25, 0.3) is 5.56 Å². The van der Waals surface area contributed by atoms with Crippen LogP contribution in [0.4, 0.5) is 5.69 Å². The van der Waals surface area contributed by atoms with Crippen molar-refractivity contribution in [2.75, 3.05) is 5.32 Å². The van der Waals surface area contributed by atoms with Crippen LogP contribution < -0.4 is 10.9 Å². The largest absolute Gasteiger partial charge is 0.329 e. The maximum Gasteiger partial charge on any atom is 0.255 e. The van der Waals surface area contributed by atoms with Crippen LogP contribution in [0.15, 0.2) is 35.3 Å². The molecule has 142 valence electrons. The van der Waals surface area contributed by atoms with Gasteiger partial charge in [0.1, 0.15) is 0 Å². The van der Waals surface area contributed by atoms with E-state index in [2.05, 4.69) is 24.1 Å². The number of benzene rings is 1. The third-order valence-electron chi connectivity index (χ3n) is 7.37. The zero-order valence-corrected chi connectivity index (χ0v) is 16.2. The number of hydrogen-bond acceptors (Lipinski definition) is 2. The molecule has 1 heterocycles. The summed E-state index contributed by atoms with van der Waals surface area (Å²) in [6.07, 6.45) is 9.85. The van der Waals surface area contributed by atoms with Gasteiger partial charge in [-0.25, -0.2) is 0 Å². The van der Waals surface area contributed by atoms with Gasteiger partial charge in [0, 0.05) is 29.1 Å². The van der Waals surface area contributed by atoms with E-state index in [9.17, 15) is 9.59 Å². The summed E-state index contributed by atoms with van der Waals surface area (Å²) in [4.78, 5) is 27.8. The number of amides is 1. The Labute approximate surface area is 159 Å². The number of carbonyl (C=O) groups is 1. The number of fused-ring (bicyclic) bond motifs is 1. The van der Waals surface area contributed by atoms with Gasteiger partial charge in [0.15, 0.2) is 0 Å². The Morgan fingerprint density at radius 3 is 2.52 bits per heavy atom. The molecule has 4 heteroatoms. The van der Waals surface area contributed by atoms with Gasteiger partial charge in [-0.2, -0.15) is 0 Å². The normalized spacial score (nSPS) is 36.9. The molecule has 0 spiro atoms. The van der Waals surface area contributed by atoms with Crippen molar-refractivity contribution in [1.29, 1.82) is 0 Å². The zero-order chi connectivity index (χ0) is 18.9. The third-order valence-corrected chi connectivity index (χ3v) is 7.37. The Morgan fingerprint density at radius 2 is 1.81 bits per heavy atom. The SMILES string of the molecule is CC12CC3CC(C)(C1)CC(CC(=O)Nc1cccc4c(=O)[nH]ccc14)(C3)C2. The summed E-state index contributed by atoms with van der Waals surface area (Å²) >= 11 is 0. The molecule has 4 saturated carbocycles. The van der Waals surface area contributed by atoms with Crippen LogP contribution in [-0.2, 0) is 4.79 Å². The molecule has 0 aliphatic heterocycles. The van der Waals surface area contributed by atoms with Crippen molar-refractivity contribution in [3.05, 3.63) is 40.8 Å². The standard InChI is InChI=1S/C23H28N2O2/c1-21-8-15-9-22(2,12-21)14-23(10-15,13-21)11-19(26)25-18-5-3-4-17-16(18)6-7-24-20(17)27/h3-7,15H,8-14H2,1-2H3,(H,24,27)(H,25,26).